The van der Waals surface area contributed by atoms with E-state index in [-0.39, 0.29) is 30.7 Å². The first-order chi connectivity index (χ1) is 20.8. The Morgan fingerprint density at radius 2 is 1.70 bits per heavy atom. The van der Waals surface area contributed by atoms with Gasteiger partial charge in [0.2, 0.25) is 12.2 Å². The van der Waals surface area contributed by atoms with Crippen molar-refractivity contribution in [2.45, 2.75) is 97.6 Å². The number of likely N-dealkylation sites (tertiary alicyclic amines) is 1. The van der Waals surface area contributed by atoms with Crippen LogP contribution < -0.4 is 15.5 Å². The zero-order valence-corrected chi connectivity index (χ0v) is 27.0. The first-order valence-corrected chi connectivity index (χ1v) is 15.6. The fourth-order valence-electron chi connectivity index (χ4n) is 5.80. The molecule has 44 heavy (non-hydrogen) atoms. The number of carbonyl (C=O) groups is 4. The number of aliphatic hydroxyl groups is 1. The third-order valence-corrected chi connectivity index (χ3v) is 8.05. The molecule has 0 spiro atoms. The number of hydrogen-bond acceptors (Lipinski definition) is 9. The van der Waals surface area contributed by atoms with Crippen molar-refractivity contribution in [3.63, 3.8) is 0 Å². The van der Waals surface area contributed by atoms with Gasteiger partial charge in [0.15, 0.2) is 0 Å². The number of ether oxygens (including phenoxy) is 3. The number of β-amino-alcohol motifs (C(OH)–C–C–N with tert-alkyl or cyclic N) is 1. The van der Waals surface area contributed by atoms with Crippen LogP contribution in [0.1, 0.15) is 72.3 Å². The van der Waals surface area contributed by atoms with Crippen molar-refractivity contribution in [2.75, 3.05) is 38.2 Å². The van der Waals surface area contributed by atoms with E-state index in [0.717, 1.165) is 43.6 Å². The van der Waals surface area contributed by atoms with Crippen LogP contribution in [0, 0.1) is 11.3 Å². The van der Waals surface area contributed by atoms with E-state index in [9.17, 15) is 24.3 Å². The van der Waals surface area contributed by atoms with Crippen molar-refractivity contribution in [1.82, 2.24) is 15.5 Å². The van der Waals surface area contributed by atoms with E-state index in [2.05, 4.69) is 15.5 Å². The van der Waals surface area contributed by atoms with Crippen LogP contribution in [0.15, 0.2) is 24.3 Å². The molecular formula is C32H50N4O8. The van der Waals surface area contributed by atoms with Crippen molar-refractivity contribution in [3.8, 4) is 0 Å². The van der Waals surface area contributed by atoms with Crippen molar-refractivity contribution in [2.24, 2.45) is 11.3 Å². The van der Waals surface area contributed by atoms with Gasteiger partial charge in [-0.15, -0.1) is 0 Å². The highest BCUT2D eigenvalue weighted by atomic mass is 16.7. The average Bonchev–Trinajstić information content (AvgIpc) is 2.96. The van der Waals surface area contributed by atoms with Crippen molar-refractivity contribution in [3.05, 3.63) is 29.8 Å². The Hall–Kier alpha value is -3.38. The SMILES string of the molecule is COC(=O)NC1Cc2ccccc2N(C(=O)CC(C)(C)CC(NC(=O)OC(C)OC(=O)C(C)C)[C@@H](O)CN2CCCCC2)C1. The summed E-state index contributed by atoms with van der Waals surface area (Å²) < 4.78 is 15.2. The van der Waals surface area contributed by atoms with Gasteiger partial charge < -0.3 is 39.8 Å². The Labute approximate surface area is 260 Å². The number of hydrogen-bond donors (Lipinski definition) is 3. The molecule has 1 fully saturated rings. The highest BCUT2D eigenvalue weighted by Gasteiger charge is 2.36. The second-order valence-corrected chi connectivity index (χ2v) is 13.0. The van der Waals surface area contributed by atoms with Gasteiger partial charge in [0.05, 0.1) is 31.2 Å². The number of para-hydroxylation sites is 1. The molecule has 2 aliphatic heterocycles. The maximum absolute atomic E-state index is 13.8. The lowest BCUT2D eigenvalue weighted by atomic mass is 9.80. The lowest BCUT2D eigenvalue weighted by Gasteiger charge is -2.38. The second-order valence-electron chi connectivity index (χ2n) is 13.0. The first-order valence-electron chi connectivity index (χ1n) is 15.6. The van der Waals surface area contributed by atoms with Gasteiger partial charge in [0, 0.05) is 32.1 Å². The smallest absolute Gasteiger partial charge is 0.410 e. The van der Waals surface area contributed by atoms with E-state index in [1.165, 1.54) is 14.0 Å². The molecule has 2 aliphatic rings. The summed E-state index contributed by atoms with van der Waals surface area (Å²) in [5.74, 6) is -1.00. The Bertz CT molecular complexity index is 1140. The van der Waals surface area contributed by atoms with E-state index >= 15 is 0 Å². The summed E-state index contributed by atoms with van der Waals surface area (Å²) >= 11 is 0. The molecule has 1 aromatic carbocycles. The van der Waals surface area contributed by atoms with Crippen LogP contribution >= 0.6 is 0 Å². The van der Waals surface area contributed by atoms with Gasteiger partial charge in [-0.05, 0) is 55.8 Å². The molecule has 0 aromatic heterocycles. The van der Waals surface area contributed by atoms with E-state index in [1.807, 2.05) is 38.1 Å². The second kappa shape index (κ2) is 16.1. The minimum atomic E-state index is -1.11. The van der Waals surface area contributed by atoms with E-state index < -0.39 is 42.0 Å². The minimum Gasteiger partial charge on any atom is -0.453 e. The summed E-state index contributed by atoms with van der Waals surface area (Å²) in [7, 11) is 1.30. The summed E-state index contributed by atoms with van der Waals surface area (Å²) in [5.41, 5.74) is 1.09. The van der Waals surface area contributed by atoms with Crippen LogP contribution in [0.5, 0.6) is 0 Å². The maximum atomic E-state index is 13.8. The number of carbonyl (C=O) groups excluding carboxylic acids is 4. The lowest BCUT2D eigenvalue weighted by Crippen LogP contribution is -2.52. The summed E-state index contributed by atoms with van der Waals surface area (Å²) in [6, 6.07) is 6.56. The molecule has 1 aromatic rings. The number of piperidine rings is 1. The highest BCUT2D eigenvalue weighted by molar-refractivity contribution is 5.95. The standard InChI is InChI=1S/C32H50N4O8/c1-21(2)29(39)43-22(3)44-31(41)34-25(27(37)20-35-14-10-7-11-15-35)17-32(4,5)18-28(38)36-19-24(33-30(40)42-6)16-23-12-8-9-13-26(23)36/h8-9,12-13,21-22,24-25,27,37H,7,10-11,14-20H2,1-6H3,(H,33,40)(H,34,41)/t22?,24?,25?,27-/m0/s1. The van der Waals surface area contributed by atoms with Crippen molar-refractivity contribution < 1.29 is 38.5 Å². The molecule has 0 bridgehead atoms. The number of alkyl carbamates (subject to hydrolysis) is 2. The normalized spacial score (nSPS) is 19.3. The Morgan fingerprint density at radius 3 is 2.36 bits per heavy atom. The predicted molar refractivity (Wildman–Crippen MR) is 165 cm³/mol. The summed E-state index contributed by atoms with van der Waals surface area (Å²) in [6.07, 6.45) is 0.820. The average molecular weight is 619 g/mol. The van der Waals surface area contributed by atoms with Gasteiger partial charge in [-0.3, -0.25) is 9.59 Å². The third kappa shape index (κ3) is 10.7. The van der Waals surface area contributed by atoms with E-state index in [4.69, 9.17) is 14.2 Å². The van der Waals surface area contributed by atoms with Gasteiger partial charge in [-0.2, -0.15) is 0 Å². The van der Waals surface area contributed by atoms with Crippen LogP contribution in [-0.2, 0) is 30.2 Å². The van der Waals surface area contributed by atoms with Crippen LogP contribution in [0.3, 0.4) is 0 Å². The third-order valence-electron chi connectivity index (χ3n) is 8.05. The number of nitrogens with one attached hydrogen (secondary N) is 2. The molecule has 3 rings (SSSR count). The largest absolute Gasteiger partial charge is 0.453 e. The van der Waals surface area contributed by atoms with Crippen LogP contribution in [-0.4, -0.2) is 91.8 Å². The molecule has 3 N–H and O–H groups in total. The fraction of sp³-hybridized carbons (Fsp3) is 0.688. The van der Waals surface area contributed by atoms with Crippen LogP contribution in [0.2, 0.25) is 0 Å². The van der Waals surface area contributed by atoms with Crippen molar-refractivity contribution in [1.29, 1.82) is 0 Å². The van der Waals surface area contributed by atoms with Gasteiger partial charge >= 0.3 is 18.2 Å². The maximum Gasteiger partial charge on any atom is 0.410 e. The quantitative estimate of drug-likeness (QED) is 0.236. The van der Waals surface area contributed by atoms with Crippen molar-refractivity contribution >= 4 is 29.8 Å². The van der Waals surface area contributed by atoms with E-state index in [0.29, 0.717) is 19.5 Å². The molecule has 3 amide bonds. The summed E-state index contributed by atoms with van der Waals surface area (Å²) in [6.45, 7) is 11.1. The number of methoxy groups -OCH3 is 1. The monoisotopic (exact) mass is 618 g/mol. The number of nitrogens with zero attached hydrogens (tertiary/aromatic N) is 2. The molecule has 12 heteroatoms. The summed E-state index contributed by atoms with van der Waals surface area (Å²) in [4.78, 5) is 54.4. The highest BCUT2D eigenvalue weighted by Crippen LogP contribution is 2.33. The molecule has 1 saturated heterocycles. The fourth-order valence-corrected chi connectivity index (χ4v) is 5.80. The number of rotatable bonds is 12. The first kappa shape index (κ1) is 35.1. The Balaban J connectivity index is 1.72. The Kier molecular flexibility index (Phi) is 12.8. The number of aliphatic hydroxyl groups excluding tert-OH is 1. The molecule has 12 nitrogen and oxygen atoms in total. The molecule has 2 heterocycles. The number of amides is 3. The zero-order valence-electron chi connectivity index (χ0n) is 27.0. The number of benzene rings is 1. The molecule has 3 unspecified atom stereocenters. The molecular weight excluding hydrogens is 568 g/mol. The van der Waals surface area contributed by atoms with Gasteiger partial charge in [0.25, 0.3) is 0 Å². The Morgan fingerprint density at radius 1 is 1.02 bits per heavy atom. The molecule has 0 aliphatic carbocycles. The van der Waals surface area contributed by atoms with E-state index in [1.54, 1.807) is 18.7 Å². The number of fused-ring (bicyclic) bond motifs is 1. The van der Waals surface area contributed by atoms with Gasteiger partial charge in [-0.25, -0.2) is 9.59 Å². The predicted octanol–water partition coefficient (Wildman–Crippen LogP) is 3.59. The van der Waals surface area contributed by atoms with Gasteiger partial charge in [-0.1, -0.05) is 52.3 Å². The number of esters is 1. The topological polar surface area (TPSA) is 147 Å². The molecule has 4 atom stereocenters. The molecule has 246 valence electrons. The number of anilines is 1. The molecule has 0 saturated carbocycles. The van der Waals surface area contributed by atoms with Gasteiger partial charge in [0.1, 0.15) is 0 Å². The summed E-state index contributed by atoms with van der Waals surface area (Å²) in [5, 5.41) is 16.9. The molecule has 0 radical (unpaired) electrons. The zero-order chi connectivity index (χ0) is 32.4. The van der Waals surface area contributed by atoms with Crippen LogP contribution in [0.25, 0.3) is 0 Å². The lowest BCUT2D eigenvalue weighted by molar-refractivity contribution is -0.168. The van der Waals surface area contributed by atoms with Crippen LogP contribution in [0.4, 0.5) is 15.3 Å². The minimum absolute atomic E-state index is 0.123.